The average Bonchev–Trinajstić information content (AvgIpc) is 3.30. The van der Waals surface area contributed by atoms with Crippen molar-refractivity contribution in [1.82, 2.24) is 5.32 Å². The van der Waals surface area contributed by atoms with E-state index in [1.54, 1.807) is 24.3 Å². The average molecular weight is 402 g/mol. The fraction of sp³-hybridized carbons (Fsp3) is 0.381. The highest BCUT2D eigenvalue weighted by Gasteiger charge is 2.40. The number of amides is 1. The molecule has 148 valence electrons. The summed E-state index contributed by atoms with van der Waals surface area (Å²) >= 11 is 0. The van der Waals surface area contributed by atoms with Gasteiger partial charge in [0.15, 0.2) is 0 Å². The maximum atomic E-state index is 14.4. The fourth-order valence-corrected chi connectivity index (χ4v) is 5.93. The Morgan fingerprint density at radius 2 is 1.75 bits per heavy atom. The number of nitrogens with one attached hydrogen (secondary N) is 1. The van der Waals surface area contributed by atoms with Gasteiger partial charge in [0.2, 0.25) is 5.91 Å². The molecule has 2 aromatic rings. The van der Waals surface area contributed by atoms with E-state index < -0.39 is 28.3 Å². The number of nitrogens with zero attached hydrogens (tertiary/aromatic N) is 1. The molecule has 0 saturated heterocycles. The molecule has 0 aromatic heterocycles. The van der Waals surface area contributed by atoms with Crippen LogP contribution in [-0.4, -0.2) is 26.9 Å². The van der Waals surface area contributed by atoms with Crippen LogP contribution in [0.25, 0.3) is 0 Å². The minimum absolute atomic E-state index is 0.0194. The zero-order valence-electron chi connectivity index (χ0n) is 15.4. The summed E-state index contributed by atoms with van der Waals surface area (Å²) in [6.45, 7) is -0.452. The van der Waals surface area contributed by atoms with Gasteiger partial charge in [-0.2, -0.15) is 0 Å². The zero-order valence-corrected chi connectivity index (χ0v) is 16.2. The molecule has 0 radical (unpaired) electrons. The van der Waals surface area contributed by atoms with E-state index in [0.29, 0.717) is 11.8 Å². The van der Waals surface area contributed by atoms with Gasteiger partial charge in [-0.1, -0.05) is 36.8 Å². The highest BCUT2D eigenvalue weighted by Crippen LogP contribution is 2.44. The van der Waals surface area contributed by atoms with E-state index in [9.17, 15) is 17.6 Å². The Labute approximate surface area is 164 Å². The van der Waals surface area contributed by atoms with Crippen LogP contribution in [0.15, 0.2) is 59.5 Å². The SMILES string of the molecule is O=C(CN(c1ccccc1F)S(=O)(=O)c1ccccc1)N[C@H]1C[C@@H]2CC[C@H]1C2. The van der Waals surface area contributed by atoms with Gasteiger partial charge < -0.3 is 5.32 Å². The number of hydrogen-bond acceptors (Lipinski definition) is 3. The summed E-state index contributed by atoms with van der Waals surface area (Å²) in [5.74, 6) is 0.0441. The van der Waals surface area contributed by atoms with E-state index in [4.69, 9.17) is 0 Å². The normalized spacial score (nSPS) is 23.5. The molecule has 2 saturated carbocycles. The second kappa shape index (κ2) is 7.54. The Hall–Kier alpha value is -2.41. The Morgan fingerprint density at radius 3 is 2.39 bits per heavy atom. The Morgan fingerprint density at radius 1 is 1.04 bits per heavy atom. The van der Waals surface area contributed by atoms with Crippen LogP contribution in [0.2, 0.25) is 0 Å². The summed E-state index contributed by atoms with van der Waals surface area (Å²) in [5.41, 5.74) is -0.130. The maximum absolute atomic E-state index is 14.4. The third-order valence-corrected chi connectivity index (χ3v) is 7.60. The van der Waals surface area contributed by atoms with Gasteiger partial charge in [-0.05, 0) is 55.4 Å². The monoisotopic (exact) mass is 402 g/mol. The predicted molar refractivity (Wildman–Crippen MR) is 105 cm³/mol. The van der Waals surface area contributed by atoms with Gasteiger partial charge in [0.1, 0.15) is 12.4 Å². The third kappa shape index (κ3) is 3.63. The number of anilines is 1. The van der Waals surface area contributed by atoms with Crippen molar-refractivity contribution in [1.29, 1.82) is 0 Å². The number of rotatable bonds is 6. The molecular formula is C21H23FN2O3S. The van der Waals surface area contributed by atoms with Crippen molar-refractivity contribution in [2.24, 2.45) is 11.8 Å². The molecule has 28 heavy (non-hydrogen) atoms. The second-order valence-corrected chi connectivity index (χ2v) is 9.49. The van der Waals surface area contributed by atoms with Crippen LogP contribution in [0.5, 0.6) is 0 Å². The van der Waals surface area contributed by atoms with E-state index in [1.165, 1.54) is 36.8 Å². The van der Waals surface area contributed by atoms with Crippen LogP contribution >= 0.6 is 0 Å². The molecule has 1 amide bonds. The summed E-state index contributed by atoms with van der Waals surface area (Å²) in [5, 5.41) is 2.99. The van der Waals surface area contributed by atoms with Crippen molar-refractivity contribution in [2.75, 3.05) is 10.8 Å². The Kier molecular flexibility index (Phi) is 5.10. The van der Waals surface area contributed by atoms with Gasteiger partial charge in [0.25, 0.3) is 10.0 Å². The second-order valence-electron chi connectivity index (χ2n) is 7.63. The summed E-state index contributed by atoms with van der Waals surface area (Å²) in [7, 11) is -4.08. The number of para-hydroxylation sites is 1. The van der Waals surface area contributed by atoms with Gasteiger partial charge in [0.05, 0.1) is 10.6 Å². The lowest BCUT2D eigenvalue weighted by Crippen LogP contribution is -2.46. The van der Waals surface area contributed by atoms with Crippen LogP contribution in [-0.2, 0) is 14.8 Å². The van der Waals surface area contributed by atoms with Crippen molar-refractivity contribution in [3.8, 4) is 0 Å². The van der Waals surface area contributed by atoms with Crippen molar-refractivity contribution in [3.63, 3.8) is 0 Å². The highest BCUT2D eigenvalue weighted by atomic mass is 32.2. The Balaban J connectivity index is 1.60. The zero-order chi connectivity index (χ0) is 19.7. The minimum atomic E-state index is -4.08. The molecule has 2 fully saturated rings. The van der Waals surface area contributed by atoms with Crippen molar-refractivity contribution >= 4 is 21.6 Å². The number of carbonyl (C=O) groups is 1. The number of fused-ring (bicyclic) bond motifs is 2. The van der Waals surface area contributed by atoms with Gasteiger partial charge >= 0.3 is 0 Å². The molecule has 2 aliphatic carbocycles. The van der Waals surface area contributed by atoms with Gasteiger partial charge in [-0.15, -0.1) is 0 Å². The fourth-order valence-electron chi connectivity index (χ4n) is 4.48. The highest BCUT2D eigenvalue weighted by molar-refractivity contribution is 7.92. The van der Waals surface area contributed by atoms with Crippen molar-refractivity contribution < 1.29 is 17.6 Å². The lowest BCUT2D eigenvalue weighted by Gasteiger charge is -2.27. The predicted octanol–water partition coefficient (Wildman–Crippen LogP) is 3.33. The standard InChI is InChI=1S/C21H23FN2O3S/c22-18-8-4-5-9-20(18)24(28(26,27)17-6-2-1-3-7-17)14-21(25)23-19-13-15-10-11-16(19)12-15/h1-9,15-16,19H,10-14H2,(H,23,25)/t15-,16+,19+/m1/s1. The minimum Gasteiger partial charge on any atom is -0.352 e. The largest absolute Gasteiger partial charge is 0.352 e. The number of carbonyl (C=O) groups excluding carboxylic acids is 1. The molecule has 7 heteroatoms. The third-order valence-electron chi connectivity index (χ3n) is 5.82. The molecule has 2 aromatic carbocycles. The van der Waals surface area contributed by atoms with Gasteiger partial charge in [-0.25, -0.2) is 12.8 Å². The summed E-state index contributed by atoms with van der Waals surface area (Å²) < 4.78 is 41.6. The van der Waals surface area contributed by atoms with E-state index in [1.807, 2.05) is 0 Å². The molecule has 1 N–H and O–H groups in total. The first-order valence-corrected chi connectivity index (χ1v) is 11.0. The van der Waals surface area contributed by atoms with E-state index in [0.717, 1.165) is 23.6 Å². The summed E-state index contributed by atoms with van der Waals surface area (Å²) in [4.78, 5) is 12.7. The van der Waals surface area contributed by atoms with Crippen LogP contribution in [0.4, 0.5) is 10.1 Å². The molecular weight excluding hydrogens is 379 g/mol. The lowest BCUT2D eigenvalue weighted by molar-refractivity contribution is -0.120. The number of hydrogen-bond donors (Lipinski definition) is 1. The molecule has 3 atom stereocenters. The number of benzene rings is 2. The molecule has 2 aliphatic rings. The first-order valence-electron chi connectivity index (χ1n) is 9.57. The topological polar surface area (TPSA) is 66.5 Å². The molecule has 0 aliphatic heterocycles. The van der Waals surface area contributed by atoms with Gasteiger partial charge in [0, 0.05) is 6.04 Å². The summed E-state index contributed by atoms with van der Waals surface area (Å²) in [6.07, 6.45) is 4.39. The van der Waals surface area contributed by atoms with E-state index in [-0.39, 0.29) is 16.6 Å². The van der Waals surface area contributed by atoms with Crippen LogP contribution < -0.4 is 9.62 Å². The van der Waals surface area contributed by atoms with Crippen LogP contribution in [0.3, 0.4) is 0 Å². The smallest absolute Gasteiger partial charge is 0.264 e. The Bertz CT molecular complexity index is 965. The van der Waals surface area contributed by atoms with Gasteiger partial charge in [-0.3, -0.25) is 9.10 Å². The quantitative estimate of drug-likeness (QED) is 0.806. The molecule has 0 unspecified atom stereocenters. The molecule has 0 spiro atoms. The lowest BCUT2D eigenvalue weighted by atomic mass is 9.95. The molecule has 5 nitrogen and oxygen atoms in total. The maximum Gasteiger partial charge on any atom is 0.264 e. The van der Waals surface area contributed by atoms with Crippen LogP contribution in [0, 0.1) is 17.7 Å². The van der Waals surface area contributed by atoms with Crippen molar-refractivity contribution in [2.45, 2.75) is 36.6 Å². The number of sulfonamides is 1. The molecule has 2 bridgehead atoms. The number of halogens is 1. The van der Waals surface area contributed by atoms with Crippen molar-refractivity contribution in [3.05, 3.63) is 60.4 Å². The first kappa shape index (κ1) is 18.9. The van der Waals surface area contributed by atoms with Crippen LogP contribution in [0.1, 0.15) is 25.7 Å². The summed E-state index contributed by atoms with van der Waals surface area (Å²) in [6, 6.07) is 13.5. The van der Waals surface area contributed by atoms with E-state index >= 15 is 0 Å². The molecule has 0 heterocycles. The molecule has 4 rings (SSSR count). The van der Waals surface area contributed by atoms with E-state index in [2.05, 4.69) is 5.32 Å². The first-order chi connectivity index (χ1) is 13.4.